The summed E-state index contributed by atoms with van der Waals surface area (Å²) >= 11 is 12.2. The van der Waals surface area contributed by atoms with Crippen LogP contribution in [-0.2, 0) is 33.3 Å². The third kappa shape index (κ3) is 10.5. The Morgan fingerprint density at radius 3 is 2.34 bits per heavy atom. The van der Waals surface area contributed by atoms with Crippen molar-refractivity contribution in [1.29, 1.82) is 0 Å². The minimum absolute atomic E-state index is 0.0209. The van der Waals surface area contributed by atoms with Crippen LogP contribution in [-0.4, -0.2) is 83.7 Å². The molecule has 0 radical (unpaired) electrons. The molecular weight excluding hydrogens is 801 g/mol. The van der Waals surface area contributed by atoms with Crippen molar-refractivity contribution in [3.05, 3.63) is 134 Å². The highest BCUT2D eigenvalue weighted by Crippen LogP contribution is 2.33. The molecule has 1 fully saturated rings. The average Bonchev–Trinajstić information content (AvgIpc) is 3.19. The van der Waals surface area contributed by atoms with Crippen molar-refractivity contribution in [2.75, 3.05) is 52.5 Å². The van der Waals surface area contributed by atoms with E-state index in [0.717, 1.165) is 6.07 Å². The van der Waals surface area contributed by atoms with Gasteiger partial charge in [0.1, 0.15) is 17.4 Å². The molecule has 58 heavy (non-hydrogen) atoms. The van der Waals surface area contributed by atoms with E-state index in [0.29, 0.717) is 89.5 Å². The van der Waals surface area contributed by atoms with Crippen molar-refractivity contribution >= 4 is 45.9 Å². The number of nitrogens with zero attached hydrogens (tertiary/aromatic N) is 4. The molecule has 0 bridgehead atoms. The number of para-hydroxylation sites is 1. The normalized spacial score (nSPS) is 14.0. The fourth-order valence-corrected chi connectivity index (χ4v) is 7.17. The maximum atomic E-state index is 14.8. The van der Waals surface area contributed by atoms with Gasteiger partial charge in [0.15, 0.2) is 0 Å². The van der Waals surface area contributed by atoms with E-state index in [1.807, 2.05) is 6.92 Å². The van der Waals surface area contributed by atoms with Crippen LogP contribution in [0.1, 0.15) is 41.9 Å². The molecule has 1 atom stereocenters. The molecule has 1 N–H and O–H groups in total. The maximum absolute atomic E-state index is 14.8. The molecule has 0 aliphatic carbocycles. The minimum atomic E-state index is -4.92. The zero-order valence-electron chi connectivity index (χ0n) is 31.5. The van der Waals surface area contributed by atoms with E-state index in [1.165, 1.54) is 9.47 Å². The van der Waals surface area contributed by atoms with Gasteiger partial charge in [0, 0.05) is 32.7 Å². The zero-order chi connectivity index (χ0) is 41.4. The number of benzene rings is 4. The van der Waals surface area contributed by atoms with Crippen LogP contribution in [0.25, 0.3) is 16.6 Å². The summed E-state index contributed by atoms with van der Waals surface area (Å²) < 4.78 is 67.7. The lowest BCUT2D eigenvalue weighted by Gasteiger charge is -2.36. The zero-order valence-corrected chi connectivity index (χ0v) is 33.0. The smallest absolute Gasteiger partial charge is 0.419 e. The third-order valence-electron chi connectivity index (χ3n) is 9.75. The van der Waals surface area contributed by atoms with E-state index in [2.05, 4.69) is 10.2 Å². The number of rotatable bonds is 15. The lowest BCUT2D eigenvalue weighted by molar-refractivity contribution is -0.140. The van der Waals surface area contributed by atoms with E-state index in [4.69, 9.17) is 37.7 Å². The molecule has 6 rings (SSSR count). The first-order valence-corrected chi connectivity index (χ1v) is 19.5. The SMILES string of the molecule is CCOc1ccc(-n2c([C@@H](CCNC(=O)Cc3ccc(Cl)c(Cl)c3)N(CCN3CCOCC3)C(=O)Cc3ccc(C(F)(F)F)c(F)c3)nc3ccccc3c2=O)cc1. The molecule has 1 aliphatic rings. The molecule has 0 spiro atoms. The summed E-state index contributed by atoms with van der Waals surface area (Å²) in [6, 6.07) is 19.9. The van der Waals surface area contributed by atoms with Gasteiger partial charge in [-0.25, -0.2) is 9.37 Å². The van der Waals surface area contributed by atoms with Gasteiger partial charge in [0.25, 0.3) is 5.56 Å². The summed E-state index contributed by atoms with van der Waals surface area (Å²) in [7, 11) is 0. The van der Waals surface area contributed by atoms with E-state index < -0.39 is 41.5 Å². The Morgan fingerprint density at radius 2 is 1.66 bits per heavy atom. The molecule has 1 aliphatic heterocycles. The fraction of sp³-hybridized carbons (Fsp3) is 0.333. The Bertz CT molecular complexity index is 2300. The number of carbonyl (C=O) groups excluding carboxylic acids is 2. The van der Waals surface area contributed by atoms with Crippen molar-refractivity contribution in [3.63, 3.8) is 0 Å². The van der Waals surface area contributed by atoms with E-state index in [9.17, 15) is 31.9 Å². The van der Waals surface area contributed by atoms with Crippen LogP contribution >= 0.6 is 23.2 Å². The van der Waals surface area contributed by atoms with Gasteiger partial charge in [0.2, 0.25) is 11.8 Å². The highest BCUT2D eigenvalue weighted by Gasteiger charge is 2.35. The first kappa shape index (κ1) is 42.6. The van der Waals surface area contributed by atoms with Crippen LogP contribution in [0, 0.1) is 5.82 Å². The van der Waals surface area contributed by atoms with Gasteiger partial charge >= 0.3 is 6.18 Å². The van der Waals surface area contributed by atoms with Crippen molar-refractivity contribution in [2.45, 2.75) is 38.4 Å². The number of morpholine rings is 1. The van der Waals surface area contributed by atoms with Crippen LogP contribution in [0.3, 0.4) is 0 Å². The van der Waals surface area contributed by atoms with Crippen LogP contribution < -0.4 is 15.6 Å². The molecule has 1 saturated heterocycles. The molecule has 10 nitrogen and oxygen atoms in total. The molecule has 0 saturated carbocycles. The van der Waals surface area contributed by atoms with Gasteiger partial charge < -0.3 is 19.7 Å². The number of hydrogen-bond donors (Lipinski definition) is 1. The van der Waals surface area contributed by atoms with Gasteiger partial charge in [0.05, 0.1) is 70.9 Å². The Morgan fingerprint density at radius 1 is 0.948 bits per heavy atom. The third-order valence-corrected chi connectivity index (χ3v) is 10.5. The second-order valence-electron chi connectivity index (χ2n) is 13.7. The highest BCUT2D eigenvalue weighted by molar-refractivity contribution is 6.42. The summed E-state index contributed by atoms with van der Waals surface area (Å²) in [6.07, 6.45) is -5.34. The molecule has 2 heterocycles. The largest absolute Gasteiger partial charge is 0.494 e. The Balaban J connectivity index is 1.43. The number of hydrogen-bond acceptors (Lipinski definition) is 7. The van der Waals surface area contributed by atoms with Crippen LogP contribution in [0.15, 0.2) is 89.7 Å². The molecule has 4 aromatic carbocycles. The first-order chi connectivity index (χ1) is 27.8. The van der Waals surface area contributed by atoms with Crippen molar-refractivity contribution in [3.8, 4) is 11.4 Å². The predicted octanol–water partition coefficient (Wildman–Crippen LogP) is 7.44. The van der Waals surface area contributed by atoms with E-state index in [-0.39, 0.29) is 43.2 Å². The van der Waals surface area contributed by atoms with Gasteiger partial charge in [-0.1, -0.05) is 47.5 Å². The lowest BCUT2D eigenvalue weighted by Crippen LogP contribution is -2.46. The van der Waals surface area contributed by atoms with Crippen molar-refractivity contribution in [1.82, 2.24) is 24.7 Å². The van der Waals surface area contributed by atoms with Gasteiger partial charge in [-0.05, 0) is 85.1 Å². The van der Waals surface area contributed by atoms with Gasteiger partial charge in [-0.15, -0.1) is 0 Å². The summed E-state index contributed by atoms with van der Waals surface area (Å²) in [4.78, 5) is 50.9. The van der Waals surface area contributed by atoms with Crippen LogP contribution in [0.4, 0.5) is 17.6 Å². The molecular formula is C42H41Cl2F4N5O5. The topological polar surface area (TPSA) is 106 Å². The minimum Gasteiger partial charge on any atom is -0.494 e. The molecule has 2 amide bonds. The average molecular weight is 843 g/mol. The maximum Gasteiger partial charge on any atom is 0.419 e. The van der Waals surface area contributed by atoms with Gasteiger partial charge in [-0.2, -0.15) is 13.2 Å². The molecule has 1 aromatic heterocycles. The Kier molecular flexibility index (Phi) is 14.1. The number of halogens is 6. The highest BCUT2D eigenvalue weighted by atomic mass is 35.5. The predicted molar refractivity (Wildman–Crippen MR) is 213 cm³/mol. The lowest BCUT2D eigenvalue weighted by atomic mass is 10.0. The van der Waals surface area contributed by atoms with Crippen molar-refractivity contribution < 1.29 is 36.6 Å². The summed E-state index contributed by atoms with van der Waals surface area (Å²) in [5.41, 5.74) is -0.415. The second kappa shape index (κ2) is 19.2. The monoisotopic (exact) mass is 841 g/mol. The summed E-state index contributed by atoms with van der Waals surface area (Å²) in [5.74, 6) is -1.65. The Hall–Kier alpha value is -5.02. The number of amides is 2. The molecule has 0 unspecified atom stereocenters. The number of fused-ring (bicyclic) bond motifs is 1. The number of nitrogens with one attached hydrogen (secondary N) is 1. The van der Waals surface area contributed by atoms with E-state index >= 15 is 0 Å². The number of ether oxygens (including phenoxy) is 2. The Labute approximate surface area is 342 Å². The van der Waals surface area contributed by atoms with Crippen LogP contribution in [0.2, 0.25) is 10.0 Å². The molecule has 16 heteroatoms. The molecule has 306 valence electrons. The standard InChI is InChI=1S/C42H41Cl2F4N5O5/c1-2-58-30-11-9-29(10-12-30)53-40(50-36-6-4-3-5-31(36)41(53)56)37(15-16-49-38(54)25-27-8-14-33(43)34(44)23-27)52(18-17-51-19-21-57-22-20-51)39(55)26-28-7-13-32(35(45)24-28)42(46,47)48/h3-14,23-24,37H,2,15-22,25-26H2,1H3,(H,49,54)/t37-/m1/s1. The summed E-state index contributed by atoms with van der Waals surface area (Å²) in [6.45, 7) is 4.90. The van der Waals surface area contributed by atoms with Crippen molar-refractivity contribution in [2.24, 2.45) is 0 Å². The number of carbonyl (C=O) groups is 2. The second-order valence-corrected chi connectivity index (χ2v) is 14.5. The summed E-state index contributed by atoms with van der Waals surface area (Å²) in [5, 5.41) is 3.87. The molecule has 5 aromatic rings. The van der Waals surface area contributed by atoms with Crippen LogP contribution in [0.5, 0.6) is 5.75 Å². The van der Waals surface area contributed by atoms with E-state index in [1.54, 1.807) is 66.7 Å². The number of alkyl halides is 3. The number of aromatic nitrogens is 2. The quantitative estimate of drug-likeness (QED) is 0.109. The fourth-order valence-electron chi connectivity index (χ4n) is 6.85. The first-order valence-electron chi connectivity index (χ1n) is 18.7. The van der Waals surface area contributed by atoms with Gasteiger partial charge in [-0.3, -0.25) is 23.9 Å².